The molecule has 1 N–H and O–H groups in total. The van der Waals surface area contributed by atoms with E-state index in [1.807, 2.05) is 42.9 Å². The molecule has 0 aliphatic rings. The smallest absolute Gasteiger partial charge is 0.167 e. The molecular weight excluding hydrogens is 338 g/mol. The fourth-order valence-corrected chi connectivity index (χ4v) is 3.23. The van der Waals surface area contributed by atoms with E-state index < -0.39 is 0 Å². The van der Waals surface area contributed by atoms with E-state index >= 15 is 0 Å². The highest BCUT2D eigenvalue weighted by Crippen LogP contribution is 2.33. The number of imidazole rings is 1. The number of fused-ring (bicyclic) bond motifs is 4. The third kappa shape index (κ3) is 2.52. The van der Waals surface area contributed by atoms with Gasteiger partial charge < -0.3 is 10.2 Å². The largest absolute Gasteiger partial charge is 0.378 e. The summed E-state index contributed by atoms with van der Waals surface area (Å²) >= 11 is 0. The highest BCUT2D eigenvalue weighted by molar-refractivity contribution is 6.07. The number of hydrogen-bond acceptors (Lipinski definition) is 6. The molecule has 4 heterocycles. The summed E-state index contributed by atoms with van der Waals surface area (Å²) in [6, 6.07) is 10.2. The van der Waals surface area contributed by atoms with Crippen LogP contribution in [0.15, 0.2) is 61.3 Å². The number of hydrogen-bond donors (Lipinski definition) is 1. The third-order valence-electron chi connectivity index (χ3n) is 4.57. The molecule has 7 heteroatoms. The minimum Gasteiger partial charge on any atom is -0.378 e. The number of nitrogens with one attached hydrogen (secondary N) is 1. The Morgan fingerprint density at radius 3 is 2.78 bits per heavy atom. The van der Waals surface area contributed by atoms with Crippen molar-refractivity contribution in [3.05, 3.63) is 61.3 Å². The topological polar surface area (TPSA) is 71.2 Å². The first-order valence-corrected chi connectivity index (χ1v) is 8.60. The maximum absolute atomic E-state index is 4.78. The van der Waals surface area contributed by atoms with Crippen LogP contribution < -0.4 is 10.2 Å². The fraction of sp³-hybridized carbons (Fsp3) is 0.100. The summed E-state index contributed by atoms with van der Waals surface area (Å²) in [5, 5.41) is 4.53. The predicted molar refractivity (Wildman–Crippen MR) is 108 cm³/mol. The van der Waals surface area contributed by atoms with Crippen molar-refractivity contribution in [2.75, 3.05) is 24.3 Å². The van der Waals surface area contributed by atoms with E-state index in [0.29, 0.717) is 0 Å². The van der Waals surface area contributed by atoms with Crippen molar-refractivity contribution in [2.24, 2.45) is 0 Å². The summed E-state index contributed by atoms with van der Waals surface area (Å²) in [7, 11) is 4.06. The molecule has 4 aromatic heterocycles. The zero-order valence-corrected chi connectivity index (χ0v) is 15.0. The standard InChI is InChI=1S/C20H17N7/c1-26(2)14-5-3-4-13(10-14)23-18-15-6-7-21-11-16(15)24-20-19(18)25-17-12-22-8-9-27(17)20/h3-12H,1-2H3,(H,23,24). The molecule has 1 aromatic carbocycles. The second kappa shape index (κ2) is 5.91. The Bertz CT molecular complexity index is 1290. The van der Waals surface area contributed by atoms with Crippen LogP contribution >= 0.6 is 0 Å². The van der Waals surface area contributed by atoms with Gasteiger partial charge in [-0.25, -0.2) is 9.97 Å². The van der Waals surface area contributed by atoms with Crippen LogP contribution in [-0.2, 0) is 0 Å². The summed E-state index contributed by atoms with van der Waals surface area (Å²) in [5.41, 5.74) is 6.17. The Hall–Kier alpha value is -3.74. The van der Waals surface area contributed by atoms with Gasteiger partial charge in [-0.3, -0.25) is 14.4 Å². The Kier molecular flexibility index (Phi) is 3.39. The van der Waals surface area contributed by atoms with E-state index in [2.05, 4.69) is 32.3 Å². The van der Waals surface area contributed by atoms with Gasteiger partial charge in [0.15, 0.2) is 11.3 Å². The minimum atomic E-state index is 0.758. The molecule has 0 fully saturated rings. The molecule has 132 valence electrons. The first-order valence-electron chi connectivity index (χ1n) is 8.60. The molecule has 0 aliphatic carbocycles. The molecule has 0 unspecified atom stereocenters. The van der Waals surface area contributed by atoms with E-state index in [0.717, 1.165) is 44.8 Å². The van der Waals surface area contributed by atoms with Gasteiger partial charge in [-0.05, 0) is 24.3 Å². The van der Waals surface area contributed by atoms with Crippen molar-refractivity contribution in [1.82, 2.24) is 24.3 Å². The number of aromatic nitrogens is 5. The van der Waals surface area contributed by atoms with Gasteiger partial charge in [0.1, 0.15) is 5.52 Å². The van der Waals surface area contributed by atoms with Gasteiger partial charge in [0.05, 0.1) is 23.6 Å². The monoisotopic (exact) mass is 355 g/mol. The van der Waals surface area contributed by atoms with Crippen molar-refractivity contribution in [3.8, 4) is 0 Å². The van der Waals surface area contributed by atoms with E-state index in [9.17, 15) is 0 Å². The normalized spacial score (nSPS) is 11.3. The van der Waals surface area contributed by atoms with Gasteiger partial charge in [0.25, 0.3) is 0 Å². The zero-order chi connectivity index (χ0) is 18.4. The Morgan fingerprint density at radius 1 is 1.00 bits per heavy atom. The van der Waals surface area contributed by atoms with Crippen LogP contribution in [0.1, 0.15) is 0 Å². The van der Waals surface area contributed by atoms with E-state index in [1.54, 1.807) is 24.8 Å². The van der Waals surface area contributed by atoms with Crippen LogP contribution in [0.25, 0.3) is 27.7 Å². The molecule has 5 rings (SSSR count). The lowest BCUT2D eigenvalue weighted by atomic mass is 10.2. The number of benzene rings is 1. The van der Waals surface area contributed by atoms with Gasteiger partial charge in [-0.15, -0.1) is 0 Å². The van der Waals surface area contributed by atoms with Crippen molar-refractivity contribution < 1.29 is 0 Å². The zero-order valence-electron chi connectivity index (χ0n) is 15.0. The van der Waals surface area contributed by atoms with Crippen molar-refractivity contribution in [1.29, 1.82) is 0 Å². The molecule has 0 aliphatic heterocycles. The Balaban J connectivity index is 1.79. The van der Waals surface area contributed by atoms with E-state index in [4.69, 9.17) is 9.97 Å². The lowest BCUT2D eigenvalue weighted by molar-refractivity contribution is 1.13. The van der Waals surface area contributed by atoms with Crippen molar-refractivity contribution in [2.45, 2.75) is 0 Å². The Labute approximate surface area is 155 Å². The fourth-order valence-electron chi connectivity index (χ4n) is 3.23. The lowest BCUT2D eigenvalue weighted by Crippen LogP contribution is -2.08. The molecule has 5 aromatic rings. The molecular formula is C20H17N7. The van der Waals surface area contributed by atoms with Crippen LogP contribution in [0.4, 0.5) is 17.1 Å². The average molecular weight is 355 g/mol. The highest BCUT2D eigenvalue weighted by atomic mass is 15.1. The SMILES string of the molecule is CN(C)c1cccc(Nc2c3ccncc3nc3c2nc2cnccn23)c1. The molecule has 27 heavy (non-hydrogen) atoms. The maximum Gasteiger partial charge on any atom is 0.167 e. The van der Waals surface area contributed by atoms with Crippen LogP contribution in [0.5, 0.6) is 0 Å². The van der Waals surface area contributed by atoms with Crippen LogP contribution in [0.2, 0.25) is 0 Å². The van der Waals surface area contributed by atoms with E-state index in [1.165, 1.54) is 0 Å². The summed E-state index contributed by atoms with van der Waals surface area (Å²) in [5.74, 6) is 0. The molecule has 7 nitrogen and oxygen atoms in total. The number of nitrogens with zero attached hydrogens (tertiary/aromatic N) is 6. The van der Waals surface area contributed by atoms with Gasteiger partial charge in [-0.1, -0.05) is 6.07 Å². The van der Waals surface area contributed by atoms with Crippen LogP contribution in [0.3, 0.4) is 0 Å². The first-order chi connectivity index (χ1) is 13.2. The van der Waals surface area contributed by atoms with Crippen LogP contribution in [0, 0.1) is 0 Å². The highest BCUT2D eigenvalue weighted by Gasteiger charge is 2.15. The Morgan fingerprint density at radius 2 is 1.89 bits per heavy atom. The van der Waals surface area contributed by atoms with E-state index in [-0.39, 0.29) is 0 Å². The van der Waals surface area contributed by atoms with Crippen molar-refractivity contribution >= 4 is 44.8 Å². The number of pyridine rings is 2. The van der Waals surface area contributed by atoms with Gasteiger partial charge in [-0.2, -0.15) is 0 Å². The summed E-state index contributed by atoms with van der Waals surface area (Å²) in [6.45, 7) is 0. The summed E-state index contributed by atoms with van der Waals surface area (Å²) in [4.78, 5) is 20.0. The second-order valence-corrected chi connectivity index (χ2v) is 6.54. The van der Waals surface area contributed by atoms with Gasteiger partial charge in [0, 0.05) is 49.4 Å². The average Bonchev–Trinajstić information content (AvgIpc) is 3.07. The first kappa shape index (κ1) is 15.5. The summed E-state index contributed by atoms with van der Waals surface area (Å²) < 4.78 is 1.94. The van der Waals surface area contributed by atoms with Crippen molar-refractivity contribution in [3.63, 3.8) is 0 Å². The number of anilines is 3. The lowest BCUT2D eigenvalue weighted by Gasteiger charge is -2.15. The molecule has 0 atom stereocenters. The molecule has 0 bridgehead atoms. The second-order valence-electron chi connectivity index (χ2n) is 6.54. The van der Waals surface area contributed by atoms with Gasteiger partial charge in [0.2, 0.25) is 0 Å². The molecule has 0 radical (unpaired) electrons. The minimum absolute atomic E-state index is 0.758. The number of rotatable bonds is 3. The quantitative estimate of drug-likeness (QED) is 0.533. The summed E-state index contributed by atoms with van der Waals surface area (Å²) in [6.07, 6.45) is 8.89. The predicted octanol–water partition coefficient (Wildman–Crippen LogP) is 3.64. The molecule has 0 spiro atoms. The third-order valence-corrected chi connectivity index (χ3v) is 4.57. The van der Waals surface area contributed by atoms with Gasteiger partial charge >= 0.3 is 0 Å². The molecule has 0 saturated heterocycles. The van der Waals surface area contributed by atoms with Crippen LogP contribution in [-0.4, -0.2) is 38.4 Å². The maximum atomic E-state index is 4.78. The molecule has 0 saturated carbocycles. The molecule has 0 amide bonds.